The summed E-state index contributed by atoms with van der Waals surface area (Å²) in [6, 6.07) is 1.72. The maximum absolute atomic E-state index is 12.3. The van der Waals surface area contributed by atoms with Gasteiger partial charge in [0.25, 0.3) is 0 Å². The van der Waals surface area contributed by atoms with Gasteiger partial charge < -0.3 is 24.3 Å². The third kappa shape index (κ3) is 3.73. The van der Waals surface area contributed by atoms with E-state index in [2.05, 4.69) is 25.3 Å². The van der Waals surface area contributed by atoms with Gasteiger partial charge in [0.1, 0.15) is 23.7 Å². The Hall–Kier alpha value is -2.23. The molecular formula is C16H21N5O4. The summed E-state index contributed by atoms with van der Waals surface area (Å²) in [5.74, 6) is -0.144. The van der Waals surface area contributed by atoms with E-state index in [1.807, 2.05) is 6.20 Å². The minimum Gasteiger partial charge on any atom is -0.370 e. The molecule has 2 saturated heterocycles. The first-order chi connectivity index (χ1) is 12.2. The number of nitrogens with zero attached hydrogens (tertiary/aromatic N) is 3. The molecule has 4 heterocycles. The number of hydrogen-bond acceptors (Lipinski definition) is 7. The van der Waals surface area contributed by atoms with Crippen LogP contribution in [0.15, 0.2) is 29.4 Å². The first-order valence-electron chi connectivity index (χ1n) is 8.35. The number of aromatic nitrogens is 3. The van der Waals surface area contributed by atoms with E-state index >= 15 is 0 Å². The zero-order valence-electron chi connectivity index (χ0n) is 13.8. The summed E-state index contributed by atoms with van der Waals surface area (Å²) in [5.41, 5.74) is 1.33. The summed E-state index contributed by atoms with van der Waals surface area (Å²) >= 11 is 0. The summed E-state index contributed by atoms with van der Waals surface area (Å²) in [5, 5.41) is 6.60. The van der Waals surface area contributed by atoms with Crippen molar-refractivity contribution >= 4 is 5.91 Å². The number of amides is 1. The van der Waals surface area contributed by atoms with Crippen molar-refractivity contribution in [1.82, 2.24) is 25.3 Å². The molecule has 0 aromatic carbocycles. The molecule has 2 fully saturated rings. The van der Waals surface area contributed by atoms with Crippen LogP contribution in [0.5, 0.6) is 0 Å². The number of H-pyrrole nitrogens is 1. The fraction of sp³-hybridized carbons (Fsp3) is 0.562. The molecular weight excluding hydrogens is 326 g/mol. The van der Waals surface area contributed by atoms with E-state index in [-0.39, 0.29) is 5.91 Å². The predicted octanol–water partition coefficient (Wildman–Crippen LogP) is 0.0740. The van der Waals surface area contributed by atoms with Crippen molar-refractivity contribution in [3.8, 4) is 0 Å². The first-order valence-corrected chi connectivity index (χ1v) is 8.35. The normalized spacial score (nSPS) is 27.0. The number of nitrogens with one attached hydrogen (secondary N) is 2. The smallest absolute Gasteiger partial charge is 0.249 e. The van der Waals surface area contributed by atoms with Crippen LogP contribution in [-0.2, 0) is 27.4 Å². The molecule has 1 amide bonds. The number of hydrogen-bond donors (Lipinski definition) is 2. The highest BCUT2D eigenvalue weighted by molar-refractivity contribution is 5.81. The van der Waals surface area contributed by atoms with E-state index < -0.39 is 11.7 Å². The van der Waals surface area contributed by atoms with E-state index in [1.54, 1.807) is 12.4 Å². The van der Waals surface area contributed by atoms with Gasteiger partial charge in [0.05, 0.1) is 26.1 Å². The third-order valence-electron chi connectivity index (χ3n) is 4.61. The highest BCUT2D eigenvalue weighted by Gasteiger charge is 2.46. The van der Waals surface area contributed by atoms with Gasteiger partial charge in [-0.2, -0.15) is 0 Å². The van der Waals surface area contributed by atoms with Crippen LogP contribution in [-0.4, -0.2) is 63.9 Å². The van der Waals surface area contributed by atoms with Gasteiger partial charge in [-0.3, -0.25) is 9.69 Å². The molecule has 2 aliphatic heterocycles. The van der Waals surface area contributed by atoms with Crippen molar-refractivity contribution in [2.24, 2.45) is 0 Å². The number of imidazole rings is 1. The summed E-state index contributed by atoms with van der Waals surface area (Å²) < 4.78 is 16.5. The van der Waals surface area contributed by atoms with Gasteiger partial charge >= 0.3 is 0 Å². The lowest BCUT2D eigenvalue weighted by atomic mass is 9.97. The number of rotatable bonds is 5. The largest absolute Gasteiger partial charge is 0.370 e. The molecule has 0 radical (unpaired) electrons. The van der Waals surface area contributed by atoms with E-state index in [0.29, 0.717) is 31.9 Å². The van der Waals surface area contributed by atoms with Gasteiger partial charge in [-0.25, -0.2) is 4.98 Å². The molecule has 2 aliphatic rings. The Morgan fingerprint density at radius 2 is 2.48 bits per heavy atom. The van der Waals surface area contributed by atoms with Crippen LogP contribution in [0, 0.1) is 0 Å². The van der Waals surface area contributed by atoms with Crippen LogP contribution in [0.4, 0.5) is 0 Å². The van der Waals surface area contributed by atoms with Crippen LogP contribution < -0.4 is 5.32 Å². The average molecular weight is 347 g/mol. The Morgan fingerprint density at radius 1 is 1.52 bits per heavy atom. The number of ether oxygens (including phenoxy) is 2. The highest BCUT2D eigenvalue weighted by Crippen LogP contribution is 2.32. The zero-order chi connectivity index (χ0) is 17.1. The van der Waals surface area contributed by atoms with Gasteiger partial charge in [-0.1, -0.05) is 5.16 Å². The van der Waals surface area contributed by atoms with Gasteiger partial charge in [-0.05, 0) is 0 Å². The van der Waals surface area contributed by atoms with Gasteiger partial charge in [0, 0.05) is 44.0 Å². The van der Waals surface area contributed by atoms with Crippen molar-refractivity contribution < 1.29 is 18.8 Å². The minimum atomic E-state index is -0.501. The summed E-state index contributed by atoms with van der Waals surface area (Å²) in [6.45, 7) is 3.76. The fourth-order valence-corrected chi connectivity index (χ4v) is 3.38. The first kappa shape index (κ1) is 16.2. The summed E-state index contributed by atoms with van der Waals surface area (Å²) in [6.07, 6.45) is 5.04. The summed E-state index contributed by atoms with van der Waals surface area (Å²) in [7, 11) is 0. The molecule has 4 rings (SSSR count). The predicted molar refractivity (Wildman–Crippen MR) is 85.3 cm³/mol. The monoisotopic (exact) mass is 347 g/mol. The van der Waals surface area contributed by atoms with E-state index in [9.17, 15) is 4.79 Å². The van der Waals surface area contributed by atoms with Crippen LogP contribution >= 0.6 is 0 Å². The van der Waals surface area contributed by atoms with E-state index in [4.69, 9.17) is 14.0 Å². The molecule has 2 unspecified atom stereocenters. The Balaban J connectivity index is 1.31. The molecule has 0 aliphatic carbocycles. The average Bonchev–Trinajstić information content (AvgIpc) is 3.35. The zero-order valence-corrected chi connectivity index (χ0v) is 13.8. The van der Waals surface area contributed by atoms with Crippen molar-refractivity contribution in [1.29, 1.82) is 0 Å². The number of carbonyl (C=O) groups excluding carboxylic acids is 1. The second kappa shape index (κ2) is 6.95. The molecule has 2 aromatic heterocycles. The van der Waals surface area contributed by atoms with Crippen molar-refractivity contribution in [3.05, 3.63) is 36.2 Å². The maximum Gasteiger partial charge on any atom is 0.249 e. The van der Waals surface area contributed by atoms with Gasteiger partial charge in [-0.15, -0.1) is 0 Å². The van der Waals surface area contributed by atoms with E-state index in [1.165, 1.54) is 6.26 Å². The molecule has 2 atom stereocenters. The Morgan fingerprint density at radius 3 is 3.28 bits per heavy atom. The van der Waals surface area contributed by atoms with Gasteiger partial charge in [0.15, 0.2) is 0 Å². The SMILES string of the molecule is O=C(NCc1ccon1)C1CC2(CO1)CN(Cc1cnc[nH]1)CCO2. The van der Waals surface area contributed by atoms with Crippen LogP contribution in [0.1, 0.15) is 17.8 Å². The minimum absolute atomic E-state index is 0.144. The fourth-order valence-electron chi connectivity index (χ4n) is 3.38. The quantitative estimate of drug-likeness (QED) is 0.789. The molecule has 1 spiro atoms. The Bertz CT molecular complexity index is 689. The lowest BCUT2D eigenvalue weighted by Gasteiger charge is -2.39. The lowest BCUT2D eigenvalue weighted by molar-refractivity contribution is -0.130. The highest BCUT2D eigenvalue weighted by atomic mass is 16.6. The second-order valence-electron chi connectivity index (χ2n) is 6.53. The molecule has 25 heavy (non-hydrogen) atoms. The number of carbonyl (C=O) groups is 1. The van der Waals surface area contributed by atoms with Crippen LogP contribution in [0.3, 0.4) is 0 Å². The maximum atomic E-state index is 12.3. The van der Waals surface area contributed by atoms with Crippen LogP contribution in [0.2, 0.25) is 0 Å². The van der Waals surface area contributed by atoms with Crippen molar-refractivity contribution in [3.63, 3.8) is 0 Å². The molecule has 134 valence electrons. The van der Waals surface area contributed by atoms with Crippen LogP contribution in [0.25, 0.3) is 0 Å². The molecule has 0 saturated carbocycles. The topological polar surface area (TPSA) is 106 Å². The second-order valence-corrected chi connectivity index (χ2v) is 6.53. The third-order valence-corrected chi connectivity index (χ3v) is 4.61. The molecule has 0 bridgehead atoms. The summed E-state index contributed by atoms with van der Waals surface area (Å²) in [4.78, 5) is 21.8. The van der Waals surface area contributed by atoms with Gasteiger partial charge in [0.2, 0.25) is 5.91 Å². The number of aromatic amines is 1. The van der Waals surface area contributed by atoms with E-state index in [0.717, 1.165) is 25.3 Å². The lowest BCUT2D eigenvalue weighted by Crippen LogP contribution is -2.52. The molecule has 9 nitrogen and oxygen atoms in total. The molecule has 9 heteroatoms. The molecule has 2 aromatic rings. The molecule has 2 N–H and O–H groups in total. The van der Waals surface area contributed by atoms with Crippen molar-refractivity contribution in [2.75, 3.05) is 26.3 Å². The Kier molecular flexibility index (Phi) is 4.51. The van der Waals surface area contributed by atoms with Crippen molar-refractivity contribution in [2.45, 2.75) is 31.2 Å². The standard InChI is InChI=1S/C16H21N5O4/c22-15(18-7-12-1-3-25-20-12)14-5-16(10-23-14)9-21(2-4-24-16)8-13-6-17-11-19-13/h1,3,6,11,14H,2,4-5,7-10H2,(H,17,19)(H,18,22). The Labute approximate surface area is 144 Å². The number of morpholine rings is 1.